The molecule has 0 atom stereocenters. The summed E-state index contributed by atoms with van der Waals surface area (Å²) in [7, 11) is 0. The number of aromatic carboxylic acids is 1. The molecule has 0 bridgehead atoms. The fourth-order valence-electron chi connectivity index (χ4n) is 2.85. The summed E-state index contributed by atoms with van der Waals surface area (Å²) in [5.41, 5.74) is 2.25. The number of thioether (sulfide) groups is 1. The van der Waals surface area contributed by atoms with E-state index in [1.807, 2.05) is 54.6 Å². The van der Waals surface area contributed by atoms with Crippen molar-refractivity contribution in [2.24, 2.45) is 0 Å². The number of halogens is 2. The molecule has 0 amide bonds. The van der Waals surface area contributed by atoms with Crippen LogP contribution in [0.4, 0.5) is 8.78 Å². The normalized spacial score (nSPS) is 11.5. The van der Waals surface area contributed by atoms with Crippen molar-refractivity contribution in [1.82, 2.24) is 0 Å². The minimum Gasteiger partial charge on any atom is -0.489 e. The molecule has 0 radical (unpaired) electrons. The maximum absolute atomic E-state index is 13.4. The van der Waals surface area contributed by atoms with Crippen molar-refractivity contribution in [3.8, 4) is 5.75 Å². The fraction of sp³-hybridized carbons (Fsp3) is 0.160. The summed E-state index contributed by atoms with van der Waals surface area (Å²) in [6.45, 7) is 0.491. The Morgan fingerprint density at radius 3 is 2.23 bits per heavy atom. The highest BCUT2D eigenvalue weighted by atomic mass is 32.2. The number of carboxylic acid groups (broad SMARTS) is 1. The Hall–Kier alpha value is -3.12. The smallest absolute Gasteiger partial charge is 0.335 e. The molecule has 3 aromatic carbocycles. The van der Waals surface area contributed by atoms with E-state index in [0.29, 0.717) is 24.3 Å². The molecule has 160 valence electrons. The van der Waals surface area contributed by atoms with Crippen LogP contribution in [0, 0.1) is 0 Å². The Balaban J connectivity index is 1.52. The van der Waals surface area contributed by atoms with Crippen LogP contribution >= 0.6 is 11.8 Å². The lowest BCUT2D eigenvalue weighted by Gasteiger charge is -2.08. The fourth-order valence-corrected chi connectivity index (χ4v) is 3.69. The highest BCUT2D eigenvalue weighted by Gasteiger charge is 2.13. The first-order valence-electron chi connectivity index (χ1n) is 9.76. The van der Waals surface area contributed by atoms with E-state index < -0.39 is 12.4 Å². The van der Waals surface area contributed by atoms with Crippen LogP contribution in [-0.2, 0) is 13.0 Å². The van der Waals surface area contributed by atoms with E-state index in [9.17, 15) is 13.6 Å². The van der Waals surface area contributed by atoms with E-state index in [4.69, 9.17) is 9.84 Å². The van der Waals surface area contributed by atoms with Gasteiger partial charge in [-0.15, -0.1) is 0 Å². The highest BCUT2D eigenvalue weighted by molar-refractivity contribution is 8.03. The zero-order valence-electron chi connectivity index (χ0n) is 16.7. The van der Waals surface area contributed by atoms with E-state index in [1.54, 1.807) is 18.2 Å². The second kappa shape index (κ2) is 11.3. The Kier molecular flexibility index (Phi) is 8.24. The van der Waals surface area contributed by atoms with E-state index in [2.05, 4.69) is 0 Å². The SMILES string of the molecule is O=C(O)c1ccc(S/C(=C\CCc2ccc(OCc3ccccc3)cc2)C(F)F)cc1. The minimum absolute atomic E-state index is 0.0362. The highest BCUT2D eigenvalue weighted by Crippen LogP contribution is 2.31. The summed E-state index contributed by atoms with van der Waals surface area (Å²) >= 11 is 0.957. The van der Waals surface area contributed by atoms with Crippen LogP contribution in [-0.4, -0.2) is 17.5 Å². The van der Waals surface area contributed by atoms with Gasteiger partial charge in [-0.05, 0) is 60.4 Å². The predicted octanol–water partition coefficient (Wildman–Crippen LogP) is 6.84. The van der Waals surface area contributed by atoms with Gasteiger partial charge in [-0.25, -0.2) is 13.6 Å². The van der Waals surface area contributed by atoms with Crippen molar-refractivity contribution in [2.75, 3.05) is 0 Å². The summed E-state index contributed by atoms with van der Waals surface area (Å²) < 4.78 is 32.6. The number of aryl methyl sites for hydroxylation is 1. The molecule has 3 aromatic rings. The summed E-state index contributed by atoms with van der Waals surface area (Å²) in [5.74, 6) is -0.283. The monoisotopic (exact) mass is 440 g/mol. The third-order valence-corrected chi connectivity index (χ3v) is 5.59. The number of benzene rings is 3. The van der Waals surface area contributed by atoms with Crippen molar-refractivity contribution >= 4 is 17.7 Å². The third kappa shape index (κ3) is 7.26. The Labute approximate surface area is 184 Å². The molecule has 0 aliphatic heterocycles. The van der Waals surface area contributed by atoms with E-state index in [0.717, 1.165) is 28.6 Å². The third-order valence-electron chi connectivity index (χ3n) is 4.50. The number of carbonyl (C=O) groups is 1. The first-order valence-corrected chi connectivity index (χ1v) is 10.6. The molecule has 31 heavy (non-hydrogen) atoms. The Bertz CT molecular complexity index is 1000. The number of hydrogen-bond acceptors (Lipinski definition) is 3. The molecule has 0 aliphatic rings. The first kappa shape index (κ1) is 22.6. The second-order valence-corrected chi connectivity index (χ2v) is 7.94. The van der Waals surface area contributed by atoms with Crippen molar-refractivity contribution in [3.05, 3.63) is 107 Å². The topological polar surface area (TPSA) is 46.5 Å². The molecule has 0 saturated heterocycles. The number of ether oxygens (including phenoxy) is 1. The molecule has 0 aromatic heterocycles. The largest absolute Gasteiger partial charge is 0.489 e. The van der Waals surface area contributed by atoms with Gasteiger partial charge < -0.3 is 9.84 Å². The Morgan fingerprint density at radius 1 is 0.935 bits per heavy atom. The molecule has 0 aliphatic carbocycles. The van der Waals surface area contributed by atoms with E-state index >= 15 is 0 Å². The molecule has 0 unspecified atom stereocenters. The van der Waals surface area contributed by atoms with Gasteiger partial charge in [0.25, 0.3) is 6.43 Å². The average Bonchev–Trinajstić information content (AvgIpc) is 2.79. The summed E-state index contributed by atoms with van der Waals surface area (Å²) in [6, 6.07) is 23.4. The van der Waals surface area contributed by atoms with Crippen molar-refractivity contribution in [1.29, 1.82) is 0 Å². The first-order chi connectivity index (χ1) is 15.0. The second-order valence-electron chi connectivity index (χ2n) is 6.80. The van der Waals surface area contributed by atoms with Crippen LogP contribution in [0.15, 0.2) is 94.7 Å². The maximum atomic E-state index is 13.4. The number of rotatable bonds is 10. The van der Waals surface area contributed by atoms with Gasteiger partial charge in [-0.1, -0.05) is 60.3 Å². The number of carboxylic acids is 1. The lowest BCUT2D eigenvalue weighted by Crippen LogP contribution is -1.96. The molecule has 6 heteroatoms. The summed E-state index contributed by atoms with van der Waals surface area (Å²) in [4.78, 5) is 11.4. The molecular formula is C25H22F2O3S. The van der Waals surface area contributed by atoms with Crippen molar-refractivity contribution in [2.45, 2.75) is 30.8 Å². The minimum atomic E-state index is -2.59. The number of alkyl halides is 2. The van der Waals surface area contributed by atoms with Crippen molar-refractivity contribution in [3.63, 3.8) is 0 Å². The molecular weight excluding hydrogens is 418 g/mol. The van der Waals surface area contributed by atoms with Crippen molar-refractivity contribution < 1.29 is 23.4 Å². The standard InChI is InChI=1S/C25H22F2O3S/c26-24(27)23(31-22-15-11-20(12-16-22)25(28)29)8-4-7-18-9-13-21(14-10-18)30-17-19-5-2-1-3-6-19/h1-3,5-6,8-16,24H,4,7,17H2,(H,28,29)/b23-8-. The Morgan fingerprint density at radius 2 is 1.61 bits per heavy atom. The van der Waals surface area contributed by atoms with Gasteiger partial charge in [0, 0.05) is 4.90 Å². The zero-order valence-corrected chi connectivity index (χ0v) is 17.5. The molecule has 0 heterocycles. The zero-order chi connectivity index (χ0) is 22.1. The van der Waals surface area contributed by atoms with Gasteiger partial charge in [0.1, 0.15) is 12.4 Å². The number of hydrogen-bond donors (Lipinski definition) is 1. The van der Waals surface area contributed by atoms with Crippen LogP contribution in [0.2, 0.25) is 0 Å². The molecule has 3 rings (SSSR count). The predicted molar refractivity (Wildman–Crippen MR) is 119 cm³/mol. The summed E-state index contributed by atoms with van der Waals surface area (Å²) in [5, 5.41) is 8.92. The van der Waals surface area contributed by atoms with Gasteiger partial charge >= 0.3 is 5.97 Å². The molecule has 3 nitrogen and oxygen atoms in total. The van der Waals surface area contributed by atoms with E-state index in [1.165, 1.54) is 12.1 Å². The van der Waals surface area contributed by atoms with Gasteiger partial charge in [0.05, 0.1) is 10.5 Å². The molecule has 0 saturated carbocycles. The van der Waals surface area contributed by atoms with Crippen LogP contribution < -0.4 is 4.74 Å². The van der Waals surface area contributed by atoms with Crippen LogP contribution in [0.3, 0.4) is 0 Å². The lowest BCUT2D eigenvalue weighted by molar-refractivity contribution is 0.0696. The van der Waals surface area contributed by atoms with E-state index in [-0.39, 0.29) is 10.5 Å². The molecule has 0 spiro atoms. The van der Waals surface area contributed by atoms with Crippen LogP contribution in [0.25, 0.3) is 0 Å². The quantitative estimate of drug-likeness (QED) is 0.351. The van der Waals surface area contributed by atoms with Gasteiger partial charge in [0.15, 0.2) is 0 Å². The van der Waals surface area contributed by atoms with Crippen LogP contribution in [0.5, 0.6) is 5.75 Å². The molecule has 0 fully saturated rings. The maximum Gasteiger partial charge on any atom is 0.335 e. The average molecular weight is 441 g/mol. The summed E-state index contributed by atoms with van der Waals surface area (Å²) in [6.07, 6.45) is 0.0656. The van der Waals surface area contributed by atoms with Gasteiger partial charge in [0.2, 0.25) is 0 Å². The molecule has 1 N–H and O–H groups in total. The van der Waals surface area contributed by atoms with Crippen LogP contribution in [0.1, 0.15) is 27.9 Å². The lowest BCUT2D eigenvalue weighted by atomic mass is 10.1. The number of allylic oxidation sites excluding steroid dienone is 2. The van der Waals surface area contributed by atoms with Gasteiger partial charge in [-0.2, -0.15) is 0 Å². The van der Waals surface area contributed by atoms with Gasteiger partial charge in [-0.3, -0.25) is 0 Å².